The van der Waals surface area contributed by atoms with Crippen LogP contribution in [0.15, 0.2) is 30.5 Å². The maximum atomic E-state index is 11.8. The van der Waals surface area contributed by atoms with Gasteiger partial charge < -0.3 is 10.1 Å². The van der Waals surface area contributed by atoms with Crippen LogP contribution < -0.4 is 10.1 Å². The molecule has 3 rings (SSSR count). The summed E-state index contributed by atoms with van der Waals surface area (Å²) in [5, 5.41) is 7.26. The number of fused-ring (bicyclic) bond motifs is 1. The number of amides is 1. The Morgan fingerprint density at radius 3 is 2.85 bits per heavy atom. The number of carbonyl (C=O) groups is 1. The van der Waals surface area contributed by atoms with E-state index < -0.39 is 0 Å². The van der Waals surface area contributed by atoms with Gasteiger partial charge in [0, 0.05) is 12.6 Å². The Bertz CT molecular complexity index is 636. The average molecular weight is 289 g/mol. The molecule has 6 heteroatoms. The molecule has 1 amide bonds. The van der Waals surface area contributed by atoms with Crippen LogP contribution in [0.5, 0.6) is 5.75 Å². The third-order valence-corrected chi connectivity index (χ3v) is 4.60. The molecule has 0 fully saturated rings. The summed E-state index contributed by atoms with van der Waals surface area (Å²) in [6.07, 6.45) is 1.82. The van der Waals surface area contributed by atoms with Crippen LogP contribution in [0.1, 0.15) is 16.4 Å². The number of benzene rings is 1. The van der Waals surface area contributed by atoms with Gasteiger partial charge in [-0.3, -0.25) is 9.48 Å². The van der Waals surface area contributed by atoms with Crippen LogP contribution in [0.2, 0.25) is 0 Å². The smallest absolute Gasteiger partial charge is 0.235 e. The third kappa shape index (κ3) is 2.27. The summed E-state index contributed by atoms with van der Waals surface area (Å²) in [4.78, 5) is 11.8. The number of aromatic nitrogens is 2. The van der Waals surface area contributed by atoms with E-state index in [9.17, 15) is 4.79 Å². The molecule has 1 unspecified atom stereocenters. The number of hydrogen-bond acceptors (Lipinski definition) is 4. The zero-order valence-corrected chi connectivity index (χ0v) is 12.1. The fourth-order valence-corrected chi connectivity index (χ4v) is 3.36. The number of nitrogens with zero attached hydrogens (tertiary/aromatic N) is 2. The van der Waals surface area contributed by atoms with Gasteiger partial charge in [-0.05, 0) is 17.7 Å². The average Bonchev–Trinajstić information content (AvgIpc) is 2.72. The predicted molar refractivity (Wildman–Crippen MR) is 79.1 cm³/mol. The maximum absolute atomic E-state index is 11.8. The van der Waals surface area contributed by atoms with Crippen molar-refractivity contribution in [3.05, 3.63) is 41.6 Å². The zero-order valence-electron chi connectivity index (χ0n) is 11.3. The molecule has 0 saturated heterocycles. The van der Waals surface area contributed by atoms with Crippen molar-refractivity contribution < 1.29 is 9.53 Å². The fraction of sp³-hybridized carbons (Fsp3) is 0.286. The number of carbonyl (C=O) groups excluding carboxylic acids is 1. The van der Waals surface area contributed by atoms with Crippen molar-refractivity contribution in [2.75, 3.05) is 18.2 Å². The summed E-state index contributed by atoms with van der Waals surface area (Å²) in [5.41, 5.74) is 2.18. The summed E-state index contributed by atoms with van der Waals surface area (Å²) >= 11 is 1.61. The highest BCUT2D eigenvalue weighted by Crippen LogP contribution is 2.41. The van der Waals surface area contributed by atoms with Crippen LogP contribution in [-0.2, 0) is 11.8 Å². The van der Waals surface area contributed by atoms with E-state index in [1.807, 2.05) is 37.5 Å². The molecule has 2 aromatic rings. The number of ether oxygens (including phenoxy) is 1. The minimum atomic E-state index is 0.0101. The van der Waals surface area contributed by atoms with Crippen molar-refractivity contribution in [1.29, 1.82) is 0 Å². The van der Waals surface area contributed by atoms with E-state index in [2.05, 4.69) is 10.4 Å². The number of nitrogens with one attached hydrogen (secondary N) is 1. The normalized spacial score (nSPS) is 18.1. The number of anilines is 1. The summed E-state index contributed by atoms with van der Waals surface area (Å²) < 4.78 is 6.89. The Balaban J connectivity index is 2.01. The first-order valence-electron chi connectivity index (χ1n) is 6.26. The monoisotopic (exact) mass is 289 g/mol. The number of thioether (sulfide) groups is 1. The number of hydrogen-bond donors (Lipinski definition) is 1. The molecule has 1 aliphatic heterocycles. The van der Waals surface area contributed by atoms with Crippen molar-refractivity contribution in [2.45, 2.75) is 5.25 Å². The number of methoxy groups -OCH3 is 1. The van der Waals surface area contributed by atoms with Crippen molar-refractivity contribution in [3.63, 3.8) is 0 Å². The van der Waals surface area contributed by atoms with Crippen molar-refractivity contribution in [2.24, 2.45) is 7.05 Å². The molecule has 5 nitrogen and oxygen atoms in total. The highest BCUT2D eigenvalue weighted by Gasteiger charge is 2.26. The van der Waals surface area contributed by atoms with Crippen molar-refractivity contribution >= 4 is 23.5 Å². The zero-order chi connectivity index (χ0) is 14.1. The van der Waals surface area contributed by atoms with Crippen LogP contribution in [-0.4, -0.2) is 28.6 Å². The van der Waals surface area contributed by atoms with Gasteiger partial charge in [0.2, 0.25) is 5.91 Å². The van der Waals surface area contributed by atoms with Crippen LogP contribution >= 0.6 is 11.8 Å². The molecule has 104 valence electrons. The van der Waals surface area contributed by atoms with E-state index in [1.54, 1.807) is 23.6 Å². The Kier molecular flexibility index (Phi) is 3.40. The van der Waals surface area contributed by atoms with Crippen LogP contribution in [0.4, 0.5) is 5.82 Å². The Labute approximate surface area is 121 Å². The first-order chi connectivity index (χ1) is 9.69. The van der Waals surface area contributed by atoms with E-state index in [1.165, 1.54) is 0 Å². The Morgan fingerprint density at radius 2 is 2.15 bits per heavy atom. The predicted octanol–water partition coefficient (Wildman–Crippen LogP) is 2.20. The molecular weight excluding hydrogens is 274 g/mol. The lowest BCUT2D eigenvalue weighted by Crippen LogP contribution is -2.15. The van der Waals surface area contributed by atoms with Gasteiger partial charge in [-0.15, -0.1) is 11.8 Å². The molecule has 1 atom stereocenters. The van der Waals surface area contributed by atoms with Gasteiger partial charge in [-0.25, -0.2) is 0 Å². The number of aryl methyl sites for hydroxylation is 1. The standard InChI is InChI=1S/C14H15N3O2S/c1-17-14-11(7-15-17)13(20-8-12(18)16-14)9-3-5-10(19-2)6-4-9/h3-7,13H,8H2,1-2H3,(H,16,18). The highest BCUT2D eigenvalue weighted by molar-refractivity contribution is 8.00. The van der Waals surface area contributed by atoms with Gasteiger partial charge >= 0.3 is 0 Å². The van der Waals surface area contributed by atoms with Gasteiger partial charge in [0.25, 0.3) is 0 Å². The molecular formula is C14H15N3O2S. The molecule has 1 aromatic carbocycles. The molecule has 0 aliphatic carbocycles. The lowest BCUT2D eigenvalue weighted by molar-refractivity contribution is -0.113. The van der Waals surface area contributed by atoms with Crippen LogP contribution in [0.3, 0.4) is 0 Å². The van der Waals surface area contributed by atoms with E-state index in [4.69, 9.17) is 4.74 Å². The lowest BCUT2D eigenvalue weighted by Gasteiger charge is -2.14. The summed E-state index contributed by atoms with van der Waals surface area (Å²) in [5.74, 6) is 2.05. The minimum absolute atomic E-state index is 0.0101. The van der Waals surface area contributed by atoms with Crippen molar-refractivity contribution in [1.82, 2.24) is 9.78 Å². The van der Waals surface area contributed by atoms with E-state index in [0.717, 1.165) is 22.7 Å². The SMILES string of the molecule is COc1ccc(C2SCC(=O)Nc3c2cnn3C)cc1. The first kappa shape index (κ1) is 13.1. The fourth-order valence-electron chi connectivity index (χ4n) is 2.27. The van der Waals surface area contributed by atoms with Gasteiger partial charge in [0.05, 0.1) is 24.3 Å². The lowest BCUT2D eigenvalue weighted by atomic mass is 10.1. The second kappa shape index (κ2) is 5.20. The topological polar surface area (TPSA) is 56.1 Å². The van der Waals surface area contributed by atoms with E-state index in [0.29, 0.717) is 5.75 Å². The molecule has 1 N–H and O–H groups in total. The Hall–Kier alpha value is -1.95. The van der Waals surface area contributed by atoms with Gasteiger partial charge in [0.1, 0.15) is 11.6 Å². The molecule has 2 heterocycles. The molecule has 0 radical (unpaired) electrons. The second-order valence-corrected chi connectivity index (χ2v) is 5.68. The van der Waals surface area contributed by atoms with Gasteiger partial charge in [-0.1, -0.05) is 12.1 Å². The first-order valence-corrected chi connectivity index (χ1v) is 7.31. The summed E-state index contributed by atoms with van der Waals surface area (Å²) in [6.45, 7) is 0. The molecule has 0 saturated carbocycles. The molecule has 20 heavy (non-hydrogen) atoms. The summed E-state index contributed by atoms with van der Waals surface area (Å²) in [6, 6.07) is 7.93. The van der Waals surface area contributed by atoms with Crippen LogP contribution in [0, 0.1) is 0 Å². The van der Waals surface area contributed by atoms with Gasteiger partial charge in [-0.2, -0.15) is 5.10 Å². The molecule has 1 aliphatic rings. The van der Waals surface area contributed by atoms with Crippen LogP contribution in [0.25, 0.3) is 0 Å². The van der Waals surface area contributed by atoms with E-state index >= 15 is 0 Å². The van der Waals surface area contributed by atoms with Gasteiger partial charge in [0.15, 0.2) is 0 Å². The summed E-state index contributed by atoms with van der Waals surface area (Å²) in [7, 11) is 3.48. The second-order valence-electron chi connectivity index (χ2n) is 4.58. The number of rotatable bonds is 2. The quantitative estimate of drug-likeness (QED) is 0.921. The largest absolute Gasteiger partial charge is 0.497 e. The minimum Gasteiger partial charge on any atom is -0.497 e. The molecule has 1 aromatic heterocycles. The highest BCUT2D eigenvalue weighted by atomic mass is 32.2. The molecule has 0 bridgehead atoms. The third-order valence-electron chi connectivity index (χ3n) is 3.31. The molecule has 0 spiro atoms. The maximum Gasteiger partial charge on any atom is 0.235 e. The van der Waals surface area contributed by atoms with E-state index in [-0.39, 0.29) is 11.2 Å². The Morgan fingerprint density at radius 1 is 1.40 bits per heavy atom. The van der Waals surface area contributed by atoms with Crippen molar-refractivity contribution in [3.8, 4) is 5.75 Å².